The molecule has 5 aliphatic rings. The van der Waals surface area contributed by atoms with E-state index < -0.39 is 0 Å². The Balaban J connectivity index is 1.60. The predicted molar refractivity (Wildman–Crippen MR) is 94.5 cm³/mol. The maximum Gasteiger partial charge on any atom is 0.159 e. The van der Waals surface area contributed by atoms with Crippen LogP contribution in [0.1, 0.15) is 46.5 Å². The van der Waals surface area contributed by atoms with Crippen LogP contribution in [0.4, 0.5) is 0 Å². The molecule has 3 fully saturated rings. The van der Waals surface area contributed by atoms with Crippen LogP contribution in [0, 0.1) is 46.3 Å². The van der Waals surface area contributed by atoms with Crippen LogP contribution in [-0.2, 0) is 9.59 Å². The van der Waals surface area contributed by atoms with Crippen molar-refractivity contribution in [2.75, 3.05) is 0 Å². The van der Waals surface area contributed by atoms with E-state index in [2.05, 4.69) is 26.0 Å². The van der Waals surface area contributed by atoms with E-state index in [4.69, 9.17) is 0 Å². The van der Waals surface area contributed by atoms with Crippen molar-refractivity contribution in [3.63, 3.8) is 0 Å². The molecule has 5 rings (SSSR count). The van der Waals surface area contributed by atoms with Gasteiger partial charge in [0.25, 0.3) is 0 Å². The normalized spacial score (nSPS) is 55.6. The highest BCUT2D eigenvalue weighted by Crippen LogP contribution is 2.70. The second-order valence-electron chi connectivity index (χ2n) is 9.82. The van der Waals surface area contributed by atoms with Gasteiger partial charge in [-0.25, -0.2) is 0 Å². The number of allylic oxidation sites excluding steroid dienone is 4. The molecule has 0 spiro atoms. The number of Topliss-reactive ketones (excluding diaryl/α,β-unsaturated/α-hetero) is 1. The number of aliphatic hydroxyl groups is 1. The maximum atomic E-state index is 12.2. The monoisotopic (exact) mass is 340 g/mol. The molecule has 3 heteroatoms. The van der Waals surface area contributed by atoms with E-state index in [1.54, 1.807) is 6.92 Å². The molecule has 134 valence electrons. The quantitative estimate of drug-likeness (QED) is 0.796. The summed E-state index contributed by atoms with van der Waals surface area (Å²) in [6.07, 6.45) is 9.66. The summed E-state index contributed by atoms with van der Waals surface area (Å²) >= 11 is 0. The van der Waals surface area contributed by atoms with Gasteiger partial charge >= 0.3 is 0 Å². The zero-order valence-corrected chi connectivity index (χ0v) is 15.4. The standard InChI is InChI=1S/C22H28O3/c1-11(23)15-6-7-16-13-5-4-12-8-18(24)14-9-17(14)22(12,3)20(13)19(25)10-21(15,16)2/h4-5,8,13-17,19-20,25H,6-7,9-10H2,1-3H3/t13-,14?,15+,16-,17?,19-,20-,21+,22-/m0/s1. The Bertz CT molecular complexity index is 734. The van der Waals surface area contributed by atoms with Crippen molar-refractivity contribution in [3.8, 4) is 0 Å². The van der Waals surface area contributed by atoms with Crippen LogP contribution in [0.2, 0.25) is 0 Å². The van der Waals surface area contributed by atoms with Crippen molar-refractivity contribution in [2.24, 2.45) is 46.3 Å². The van der Waals surface area contributed by atoms with Gasteiger partial charge in [-0.15, -0.1) is 0 Å². The summed E-state index contributed by atoms with van der Waals surface area (Å²) in [7, 11) is 0. The minimum absolute atomic E-state index is 0.0763. The topological polar surface area (TPSA) is 54.4 Å². The van der Waals surface area contributed by atoms with Gasteiger partial charge in [0.2, 0.25) is 0 Å². The van der Waals surface area contributed by atoms with Gasteiger partial charge in [-0.3, -0.25) is 9.59 Å². The summed E-state index contributed by atoms with van der Waals surface area (Å²) in [5.41, 5.74) is 0.982. The van der Waals surface area contributed by atoms with Crippen LogP contribution in [0.5, 0.6) is 0 Å². The third kappa shape index (κ3) is 1.81. The lowest BCUT2D eigenvalue weighted by atomic mass is 9.47. The fraction of sp³-hybridized carbons (Fsp3) is 0.727. The van der Waals surface area contributed by atoms with E-state index in [0.717, 1.165) is 31.3 Å². The smallest absolute Gasteiger partial charge is 0.159 e. The lowest BCUT2D eigenvalue weighted by Crippen LogP contribution is -2.56. The van der Waals surface area contributed by atoms with Crippen molar-refractivity contribution in [1.82, 2.24) is 0 Å². The number of aliphatic hydroxyl groups excluding tert-OH is 1. The molecule has 0 heterocycles. The minimum Gasteiger partial charge on any atom is -0.393 e. The van der Waals surface area contributed by atoms with Crippen molar-refractivity contribution < 1.29 is 14.7 Å². The Hall–Kier alpha value is -1.22. The number of carbonyl (C=O) groups is 2. The summed E-state index contributed by atoms with van der Waals surface area (Å²) in [4.78, 5) is 24.4. The number of hydrogen-bond donors (Lipinski definition) is 1. The lowest BCUT2D eigenvalue weighted by molar-refractivity contribution is -0.135. The molecule has 0 saturated heterocycles. The molecule has 3 nitrogen and oxygen atoms in total. The number of ketones is 2. The first-order valence-corrected chi connectivity index (χ1v) is 9.91. The Morgan fingerprint density at radius 2 is 2.00 bits per heavy atom. The van der Waals surface area contributed by atoms with Crippen LogP contribution in [0.15, 0.2) is 23.8 Å². The minimum atomic E-state index is -0.390. The van der Waals surface area contributed by atoms with Gasteiger partial charge in [0.05, 0.1) is 6.10 Å². The molecule has 0 aromatic heterocycles. The highest BCUT2D eigenvalue weighted by Gasteiger charge is 2.67. The third-order valence-electron chi connectivity index (χ3n) is 8.88. The van der Waals surface area contributed by atoms with Crippen LogP contribution in [0.25, 0.3) is 0 Å². The zero-order chi connectivity index (χ0) is 17.7. The lowest BCUT2D eigenvalue weighted by Gasteiger charge is -2.58. The first-order chi connectivity index (χ1) is 11.8. The number of rotatable bonds is 1. The van der Waals surface area contributed by atoms with E-state index >= 15 is 0 Å². The van der Waals surface area contributed by atoms with Crippen LogP contribution >= 0.6 is 0 Å². The van der Waals surface area contributed by atoms with Gasteiger partial charge in [-0.05, 0) is 67.4 Å². The predicted octanol–water partition coefficient (Wildman–Crippen LogP) is 3.33. The molecule has 0 aliphatic heterocycles. The highest BCUT2D eigenvalue weighted by molar-refractivity contribution is 5.97. The van der Waals surface area contributed by atoms with Crippen LogP contribution in [0.3, 0.4) is 0 Å². The van der Waals surface area contributed by atoms with Gasteiger partial charge in [-0.1, -0.05) is 26.0 Å². The van der Waals surface area contributed by atoms with Crippen molar-refractivity contribution in [1.29, 1.82) is 0 Å². The third-order valence-corrected chi connectivity index (χ3v) is 8.88. The Morgan fingerprint density at radius 3 is 2.72 bits per heavy atom. The molecule has 0 bridgehead atoms. The fourth-order valence-electron chi connectivity index (χ4n) is 7.68. The molecule has 0 amide bonds. The zero-order valence-electron chi connectivity index (χ0n) is 15.4. The first-order valence-electron chi connectivity index (χ1n) is 9.91. The molecule has 9 atom stereocenters. The molecule has 0 aromatic rings. The fourth-order valence-corrected chi connectivity index (χ4v) is 7.68. The van der Waals surface area contributed by atoms with E-state index in [1.165, 1.54) is 0 Å². The van der Waals surface area contributed by atoms with Gasteiger partial charge in [0.1, 0.15) is 5.78 Å². The largest absolute Gasteiger partial charge is 0.393 e. The second-order valence-corrected chi connectivity index (χ2v) is 9.82. The van der Waals surface area contributed by atoms with Crippen molar-refractivity contribution in [3.05, 3.63) is 23.8 Å². The molecule has 2 unspecified atom stereocenters. The van der Waals surface area contributed by atoms with E-state index in [9.17, 15) is 14.7 Å². The molecule has 3 saturated carbocycles. The van der Waals surface area contributed by atoms with Crippen molar-refractivity contribution >= 4 is 11.6 Å². The van der Waals surface area contributed by atoms with Gasteiger partial charge in [0.15, 0.2) is 5.78 Å². The van der Waals surface area contributed by atoms with Crippen molar-refractivity contribution in [2.45, 2.75) is 52.6 Å². The summed E-state index contributed by atoms with van der Waals surface area (Å²) in [6, 6.07) is 0. The van der Waals surface area contributed by atoms with E-state index in [-0.39, 0.29) is 46.3 Å². The number of hydrogen-bond acceptors (Lipinski definition) is 3. The summed E-state index contributed by atoms with van der Waals surface area (Å²) in [6.45, 7) is 6.25. The maximum absolute atomic E-state index is 12.2. The average Bonchev–Trinajstić information content (AvgIpc) is 3.26. The van der Waals surface area contributed by atoms with Crippen LogP contribution < -0.4 is 0 Å². The Morgan fingerprint density at radius 1 is 1.24 bits per heavy atom. The highest BCUT2D eigenvalue weighted by atomic mass is 16.3. The van der Waals surface area contributed by atoms with Crippen LogP contribution in [-0.4, -0.2) is 22.8 Å². The second kappa shape index (κ2) is 4.73. The van der Waals surface area contributed by atoms with Gasteiger partial charge in [-0.2, -0.15) is 0 Å². The Labute approximate surface area is 149 Å². The molecule has 0 radical (unpaired) electrons. The Kier molecular flexibility index (Phi) is 3.03. The SMILES string of the molecule is CC(=O)[C@H]1CC[C@H]2[C@@H]3C=CC4=CC(=O)C5CC5[C@@]4(C)[C@@H]3[C@@H](O)C[C@]12C. The van der Waals surface area contributed by atoms with E-state index in [1.807, 2.05) is 6.08 Å². The average molecular weight is 340 g/mol. The first kappa shape index (κ1) is 16.0. The summed E-state index contributed by atoms with van der Waals surface area (Å²) < 4.78 is 0. The summed E-state index contributed by atoms with van der Waals surface area (Å²) in [5, 5.41) is 11.3. The van der Waals surface area contributed by atoms with Gasteiger partial charge in [0, 0.05) is 23.2 Å². The summed E-state index contributed by atoms with van der Waals surface area (Å²) in [5.74, 6) is 2.25. The molecular weight excluding hydrogens is 312 g/mol. The molecule has 0 aromatic carbocycles. The number of carbonyl (C=O) groups excluding carboxylic acids is 2. The molecular formula is C22H28O3. The molecule has 5 aliphatic carbocycles. The molecule has 25 heavy (non-hydrogen) atoms. The van der Waals surface area contributed by atoms with Gasteiger partial charge < -0.3 is 5.11 Å². The van der Waals surface area contributed by atoms with E-state index in [0.29, 0.717) is 17.8 Å². The molecule has 1 N–H and O–H groups in total. The number of fused-ring (bicyclic) bond motifs is 7.